The van der Waals surface area contributed by atoms with Gasteiger partial charge in [-0.25, -0.2) is 9.97 Å². The molecule has 5 heteroatoms. The van der Waals surface area contributed by atoms with Gasteiger partial charge in [-0.1, -0.05) is 0 Å². The van der Waals surface area contributed by atoms with Crippen molar-refractivity contribution in [1.29, 1.82) is 0 Å². The first-order chi connectivity index (χ1) is 8.72. The molecule has 0 aliphatic rings. The van der Waals surface area contributed by atoms with Gasteiger partial charge in [0.1, 0.15) is 11.6 Å². The highest BCUT2D eigenvalue weighted by Gasteiger charge is 1.97. The van der Waals surface area contributed by atoms with Crippen molar-refractivity contribution in [3.63, 3.8) is 0 Å². The van der Waals surface area contributed by atoms with Crippen LogP contribution in [0.15, 0.2) is 6.07 Å². The molecule has 1 heterocycles. The molecule has 0 fully saturated rings. The van der Waals surface area contributed by atoms with E-state index in [1.54, 1.807) is 7.11 Å². The van der Waals surface area contributed by atoms with Crippen LogP contribution in [-0.4, -0.2) is 43.4 Å². The molecule has 0 radical (unpaired) electrons. The van der Waals surface area contributed by atoms with E-state index in [1.807, 2.05) is 19.9 Å². The highest BCUT2D eigenvalue weighted by Crippen LogP contribution is 2.05. The molecule has 0 unspecified atom stereocenters. The van der Waals surface area contributed by atoms with Crippen LogP contribution in [0.2, 0.25) is 0 Å². The average Bonchev–Trinajstić information content (AvgIpc) is 2.31. The van der Waals surface area contributed by atoms with Crippen LogP contribution in [0.1, 0.15) is 24.4 Å². The van der Waals surface area contributed by atoms with Gasteiger partial charge in [-0.15, -0.1) is 0 Å². The Bertz CT molecular complexity index is 325. The Balaban J connectivity index is 2.07. The molecule has 0 saturated carbocycles. The standard InChI is InChI=1S/C13H23N3O2/c1-11-10-13(16-12(2)15-11)14-6-4-5-7-18-9-8-17-3/h10H,4-9H2,1-3H3,(H,14,15,16). The fraction of sp³-hybridized carbons (Fsp3) is 0.692. The van der Waals surface area contributed by atoms with E-state index in [4.69, 9.17) is 9.47 Å². The van der Waals surface area contributed by atoms with Crippen LogP contribution in [0, 0.1) is 13.8 Å². The maximum Gasteiger partial charge on any atom is 0.129 e. The summed E-state index contributed by atoms with van der Waals surface area (Å²) < 4.78 is 10.3. The van der Waals surface area contributed by atoms with Crippen LogP contribution in [0.4, 0.5) is 5.82 Å². The predicted octanol–water partition coefficient (Wildman–Crippen LogP) is 1.95. The minimum Gasteiger partial charge on any atom is -0.382 e. The van der Waals surface area contributed by atoms with Gasteiger partial charge in [0, 0.05) is 32.0 Å². The summed E-state index contributed by atoms with van der Waals surface area (Å²) in [6, 6.07) is 1.96. The number of hydrogen-bond acceptors (Lipinski definition) is 5. The predicted molar refractivity (Wildman–Crippen MR) is 71.9 cm³/mol. The second kappa shape index (κ2) is 8.83. The van der Waals surface area contributed by atoms with Gasteiger partial charge in [0.15, 0.2) is 0 Å². The van der Waals surface area contributed by atoms with Crippen LogP contribution in [-0.2, 0) is 9.47 Å². The lowest BCUT2D eigenvalue weighted by Crippen LogP contribution is -2.08. The summed E-state index contributed by atoms with van der Waals surface area (Å²) in [6.07, 6.45) is 2.11. The first-order valence-electron chi connectivity index (χ1n) is 6.35. The minimum absolute atomic E-state index is 0.664. The second-order valence-corrected chi connectivity index (χ2v) is 4.18. The molecule has 1 aromatic heterocycles. The van der Waals surface area contributed by atoms with Crippen molar-refractivity contribution in [2.45, 2.75) is 26.7 Å². The summed E-state index contributed by atoms with van der Waals surface area (Å²) in [4.78, 5) is 8.56. The number of aryl methyl sites for hydroxylation is 2. The number of hydrogen-bond donors (Lipinski definition) is 1. The molecule has 0 atom stereocenters. The number of nitrogens with zero attached hydrogens (tertiary/aromatic N) is 2. The zero-order chi connectivity index (χ0) is 13.2. The lowest BCUT2D eigenvalue weighted by molar-refractivity contribution is 0.0691. The van der Waals surface area contributed by atoms with E-state index in [0.29, 0.717) is 13.2 Å². The van der Waals surface area contributed by atoms with Crippen molar-refractivity contribution < 1.29 is 9.47 Å². The van der Waals surface area contributed by atoms with E-state index in [2.05, 4.69) is 15.3 Å². The van der Waals surface area contributed by atoms with Gasteiger partial charge in [0.05, 0.1) is 13.2 Å². The number of methoxy groups -OCH3 is 1. The Kier molecular flexibility index (Phi) is 7.29. The Hall–Kier alpha value is -1.20. The zero-order valence-corrected chi connectivity index (χ0v) is 11.5. The molecule has 5 nitrogen and oxygen atoms in total. The Morgan fingerprint density at radius 3 is 2.67 bits per heavy atom. The molecule has 0 aliphatic heterocycles. The Morgan fingerprint density at radius 1 is 1.11 bits per heavy atom. The molecule has 0 amide bonds. The summed E-state index contributed by atoms with van der Waals surface area (Å²) in [5, 5.41) is 3.30. The third-order valence-electron chi connectivity index (χ3n) is 2.42. The van der Waals surface area contributed by atoms with E-state index in [9.17, 15) is 0 Å². The molecule has 0 aromatic carbocycles. The topological polar surface area (TPSA) is 56.3 Å². The second-order valence-electron chi connectivity index (χ2n) is 4.18. The molecule has 18 heavy (non-hydrogen) atoms. The molecule has 1 rings (SSSR count). The maximum absolute atomic E-state index is 5.39. The number of rotatable bonds is 9. The highest BCUT2D eigenvalue weighted by atomic mass is 16.5. The van der Waals surface area contributed by atoms with Gasteiger partial charge in [-0.3, -0.25) is 0 Å². The van der Waals surface area contributed by atoms with E-state index in [-0.39, 0.29) is 0 Å². The first-order valence-corrected chi connectivity index (χ1v) is 6.35. The summed E-state index contributed by atoms with van der Waals surface area (Å²) >= 11 is 0. The van der Waals surface area contributed by atoms with Crippen molar-refractivity contribution in [2.75, 3.05) is 38.8 Å². The van der Waals surface area contributed by atoms with Crippen molar-refractivity contribution in [2.24, 2.45) is 0 Å². The number of ether oxygens (including phenoxy) is 2. The van der Waals surface area contributed by atoms with Crippen LogP contribution in [0.3, 0.4) is 0 Å². The van der Waals surface area contributed by atoms with E-state index in [0.717, 1.165) is 43.3 Å². The van der Waals surface area contributed by atoms with Crippen LogP contribution < -0.4 is 5.32 Å². The molecule has 102 valence electrons. The lowest BCUT2D eigenvalue weighted by atomic mass is 10.3. The fourth-order valence-corrected chi connectivity index (χ4v) is 1.60. The average molecular weight is 253 g/mol. The minimum atomic E-state index is 0.664. The summed E-state index contributed by atoms with van der Waals surface area (Å²) in [7, 11) is 1.68. The monoisotopic (exact) mass is 253 g/mol. The summed E-state index contributed by atoms with van der Waals surface area (Å²) in [5.41, 5.74) is 0.993. The van der Waals surface area contributed by atoms with Crippen molar-refractivity contribution in [1.82, 2.24) is 9.97 Å². The van der Waals surface area contributed by atoms with Gasteiger partial charge >= 0.3 is 0 Å². The van der Waals surface area contributed by atoms with Gasteiger partial charge in [-0.05, 0) is 26.7 Å². The largest absolute Gasteiger partial charge is 0.382 e. The number of aromatic nitrogens is 2. The third-order valence-corrected chi connectivity index (χ3v) is 2.42. The Morgan fingerprint density at radius 2 is 1.94 bits per heavy atom. The molecular formula is C13H23N3O2. The molecule has 1 N–H and O–H groups in total. The molecule has 0 bridgehead atoms. The molecule has 0 saturated heterocycles. The Labute approximate surface area is 109 Å². The van der Waals surface area contributed by atoms with Crippen molar-refractivity contribution in [3.05, 3.63) is 17.6 Å². The van der Waals surface area contributed by atoms with Crippen molar-refractivity contribution in [3.8, 4) is 0 Å². The van der Waals surface area contributed by atoms with E-state index < -0.39 is 0 Å². The number of anilines is 1. The van der Waals surface area contributed by atoms with Gasteiger partial charge in [0.25, 0.3) is 0 Å². The molecule has 0 aliphatic carbocycles. The van der Waals surface area contributed by atoms with Gasteiger partial charge < -0.3 is 14.8 Å². The first kappa shape index (κ1) is 14.9. The van der Waals surface area contributed by atoms with Crippen LogP contribution in [0.5, 0.6) is 0 Å². The van der Waals surface area contributed by atoms with Crippen LogP contribution >= 0.6 is 0 Å². The van der Waals surface area contributed by atoms with Crippen LogP contribution in [0.25, 0.3) is 0 Å². The smallest absolute Gasteiger partial charge is 0.129 e. The summed E-state index contributed by atoms with van der Waals surface area (Å²) in [6.45, 7) is 6.91. The third kappa shape index (κ3) is 6.51. The van der Waals surface area contributed by atoms with Gasteiger partial charge in [-0.2, -0.15) is 0 Å². The maximum atomic E-state index is 5.39. The molecular weight excluding hydrogens is 230 g/mol. The SMILES string of the molecule is COCCOCCCCNc1cc(C)nc(C)n1. The molecule has 1 aromatic rings. The fourth-order valence-electron chi connectivity index (χ4n) is 1.60. The summed E-state index contributed by atoms with van der Waals surface area (Å²) in [5.74, 6) is 1.71. The highest BCUT2D eigenvalue weighted by molar-refractivity contribution is 5.35. The molecule has 0 spiro atoms. The van der Waals surface area contributed by atoms with E-state index >= 15 is 0 Å². The quantitative estimate of drug-likeness (QED) is 0.682. The zero-order valence-electron chi connectivity index (χ0n) is 11.5. The van der Waals surface area contributed by atoms with E-state index in [1.165, 1.54) is 0 Å². The normalized spacial score (nSPS) is 10.6. The number of nitrogens with one attached hydrogen (secondary N) is 1. The van der Waals surface area contributed by atoms with Gasteiger partial charge in [0.2, 0.25) is 0 Å². The lowest BCUT2D eigenvalue weighted by Gasteiger charge is -2.07. The van der Waals surface area contributed by atoms with Crippen molar-refractivity contribution >= 4 is 5.82 Å². The number of unbranched alkanes of at least 4 members (excludes halogenated alkanes) is 1.